The van der Waals surface area contributed by atoms with Crippen molar-refractivity contribution < 1.29 is 14.0 Å². The Morgan fingerprint density at radius 3 is 2.67 bits per heavy atom. The molecule has 0 bridgehead atoms. The van der Waals surface area contributed by atoms with Crippen LogP contribution in [0.1, 0.15) is 55.5 Å². The van der Waals surface area contributed by atoms with Gasteiger partial charge >= 0.3 is 0 Å². The average molecular weight is 448 g/mol. The molecule has 0 atom stereocenters. The second kappa shape index (κ2) is 8.42. The molecule has 8 nitrogen and oxygen atoms in total. The summed E-state index contributed by atoms with van der Waals surface area (Å²) in [5.41, 5.74) is 4.67. The molecule has 0 spiro atoms. The van der Waals surface area contributed by atoms with Crippen LogP contribution in [0, 0.1) is 6.92 Å². The molecule has 0 unspecified atom stereocenters. The number of aromatic nitrogens is 4. The summed E-state index contributed by atoms with van der Waals surface area (Å²) in [6.45, 7) is 6.86. The number of pyridine rings is 1. The smallest absolute Gasteiger partial charge is 0.143 e. The van der Waals surface area contributed by atoms with E-state index in [4.69, 9.17) is 19.1 Å². The Labute approximate surface area is 192 Å². The van der Waals surface area contributed by atoms with Gasteiger partial charge in [0.2, 0.25) is 0 Å². The number of nitrogens with one attached hydrogen (secondary N) is 1. The molecule has 0 radical (unpaired) electrons. The van der Waals surface area contributed by atoms with Gasteiger partial charge in [0.1, 0.15) is 34.5 Å². The summed E-state index contributed by atoms with van der Waals surface area (Å²) in [5.74, 6) is 3.74. The van der Waals surface area contributed by atoms with Gasteiger partial charge in [-0.25, -0.2) is 4.98 Å². The van der Waals surface area contributed by atoms with Gasteiger partial charge in [-0.3, -0.25) is 4.68 Å². The van der Waals surface area contributed by atoms with Crippen LogP contribution in [-0.2, 0) is 6.54 Å². The van der Waals surface area contributed by atoms with Crippen molar-refractivity contribution in [2.45, 2.75) is 52.1 Å². The van der Waals surface area contributed by atoms with Gasteiger partial charge in [-0.1, -0.05) is 5.16 Å². The highest BCUT2D eigenvalue weighted by molar-refractivity contribution is 6.00. The summed E-state index contributed by atoms with van der Waals surface area (Å²) in [6, 6.07) is 7.99. The molecule has 1 aromatic carbocycles. The number of anilines is 1. The van der Waals surface area contributed by atoms with E-state index in [-0.39, 0.29) is 6.04 Å². The zero-order valence-corrected chi connectivity index (χ0v) is 19.7. The van der Waals surface area contributed by atoms with Gasteiger partial charge in [0.25, 0.3) is 0 Å². The molecule has 1 aliphatic carbocycles. The maximum absolute atomic E-state index is 5.75. The third-order valence-corrected chi connectivity index (χ3v) is 6.18. The number of rotatable bonds is 8. The molecular weight excluding hydrogens is 418 g/mol. The Bertz CT molecular complexity index is 1300. The molecule has 1 N–H and O–H groups in total. The summed E-state index contributed by atoms with van der Waals surface area (Å²) in [4.78, 5) is 4.67. The molecule has 1 aliphatic rings. The van der Waals surface area contributed by atoms with Crippen molar-refractivity contribution in [3.63, 3.8) is 0 Å². The molecule has 3 aromatic heterocycles. The number of methoxy groups -OCH3 is 2. The summed E-state index contributed by atoms with van der Waals surface area (Å²) >= 11 is 0. The molecule has 1 saturated carbocycles. The lowest BCUT2D eigenvalue weighted by atomic mass is 10.1. The van der Waals surface area contributed by atoms with Crippen molar-refractivity contribution >= 4 is 16.7 Å². The quantitative estimate of drug-likeness (QED) is 0.382. The van der Waals surface area contributed by atoms with E-state index < -0.39 is 0 Å². The van der Waals surface area contributed by atoms with Crippen LogP contribution in [0.4, 0.5) is 5.82 Å². The van der Waals surface area contributed by atoms with Crippen molar-refractivity contribution in [1.29, 1.82) is 0 Å². The lowest BCUT2D eigenvalue weighted by molar-refractivity contribution is 0.385. The molecule has 33 heavy (non-hydrogen) atoms. The number of benzene rings is 1. The molecular formula is C25H29N5O3. The molecule has 4 aromatic rings. The number of fused-ring (bicyclic) bond motifs is 1. The van der Waals surface area contributed by atoms with Gasteiger partial charge in [-0.2, -0.15) is 5.10 Å². The molecule has 8 heteroatoms. The largest absolute Gasteiger partial charge is 0.497 e. The highest BCUT2D eigenvalue weighted by Crippen LogP contribution is 2.44. The third-order valence-electron chi connectivity index (χ3n) is 6.18. The van der Waals surface area contributed by atoms with Gasteiger partial charge in [-0.05, 0) is 51.8 Å². The van der Waals surface area contributed by atoms with E-state index in [9.17, 15) is 0 Å². The lowest BCUT2D eigenvalue weighted by Gasteiger charge is -2.12. The van der Waals surface area contributed by atoms with Gasteiger partial charge in [-0.15, -0.1) is 0 Å². The number of hydrogen-bond donors (Lipinski definition) is 1. The molecule has 1 fully saturated rings. The van der Waals surface area contributed by atoms with E-state index in [1.54, 1.807) is 14.2 Å². The Hall–Kier alpha value is -3.55. The van der Waals surface area contributed by atoms with Crippen LogP contribution >= 0.6 is 0 Å². The second-order valence-corrected chi connectivity index (χ2v) is 8.77. The van der Waals surface area contributed by atoms with E-state index in [1.165, 1.54) is 0 Å². The number of hydrogen-bond acceptors (Lipinski definition) is 7. The monoisotopic (exact) mass is 447 g/mol. The predicted octanol–water partition coefficient (Wildman–Crippen LogP) is 5.48. The Morgan fingerprint density at radius 2 is 1.97 bits per heavy atom. The van der Waals surface area contributed by atoms with Crippen LogP contribution in [-0.4, -0.2) is 34.1 Å². The average Bonchev–Trinajstić information content (AvgIpc) is 3.48. The van der Waals surface area contributed by atoms with Crippen LogP contribution in [0.15, 0.2) is 35.0 Å². The molecule has 172 valence electrons. The lowest BCUT2D eigenvalue weighted by Crippen LogP contribution is -2.05. The van der Waals surface area contributed by atoms with E-state index in [2.05, 4.69) is 36.2 Å². The van der Waals surface area contributed by atoms with Gasteiger partial charge in [0.05, 0.1) is 25.1 Å². The number of nitrogens with zero attached hydrogens (tertiary/aromatic N) is 4. The fraction of sp³-hybridized carbons (Fsp3) is 0.400. The second-order valence-electron chi connectivity index (χ2n) is 8.77. The van der Waals surface area contributed by atoms with Crippen molar-refractivity contribution in [2.75, 3.05) is 19.5 Å². The maximum Gasteiger partial charge on any atom is 0.143 e. The Morgan fingerprint density at radius 1 is 1.15 bits per heavy atom. The van der Waals surface area contributed by atoms with E-state index in [0.717, 1.165) is 69.3 Å². The molecule has 0 amide bonds. The van der Waals surface area contributed by atoms with Crippen LogP contribution in [0.25, 0.3) is 22.3 Å². The highest BCUT2D eigenvalue weighted by Gasteiger charge is 2.32. The van der Waals surface area contributed by atoms with E-state index in [1.807, 2.05) is 35.1 Å². The predicted molar refractivity (Wildman–Crippen MR) is 127 cm³/mol. The minimum absolute atomic E-state index is 0.188. The fourth-order valence-electron chi connectivity index (χ4n) is 4.25. The zero-order chi connectivity index (χ0) is 23.1. The molecule has 5 rings (SSSR count). The topological polar surface area (TPSA) is 87.2 Å². The van der Waals surface area contributed by atoms with Gasteiger partial charge in [0, 0.05) is 41.9 Å². The highest BCUT2D eigenvalue weighted by atomic mass is 16.5. The SMILES string of the molecule is COc1ccc(CNc2nccc3c2c(-c2noc(C4CC4)c2C)nn3C(C)C)c(OC)c1. The van der Waals surface area contributed by atoms with E-state index >= 15 is 0 Å². The van der Waals surface area contributed by atoms with Gasteiger partial charge < -0.3 is 19.3 Å². The van der Waals surface area contributed by atoms with Crippen LogP contribution in [0.2, 0.25) is 0 Å². The standard InChI is InChI=1S/C25H29N5O3/c1-14(2)30-19-10-11-26-25(27-13-17-8-9-18(31-4)12-20(17)32-5)21(19)23(28-30)22-15(3)24(33-29-22)16-6-7-16/h8-12,14,16H,6-7,13H2,1-5H3,(H,26,27). The summed E-state index contributed by atoms with van der Waals surface area (Å²) in [7, 11) is 3.30. The van der Waals surface area contributed by atoms with Crippen LogP contribution < -0.4 is 14.8 Å². The maximum atomic E-state index is 5.75. The molecule has 3 heterocycles. The third kappa shape index (κ3) is 3.79. The minimum atomic E-state index is 0.188. The van der Waals surface area contributed by atoms with Crippen molar-refractivity contribution in [1.82, 2.24) is 19.9 Å². The summed E-state index contributed by atoms with van der Waals surface area (Å²) in [5, 5.41) is 13.8. The molecule has 0 aliphatic heterocycles. The fourth-order valence-corrected chi connectivity index (χ4v) is 4.25. The summed E-state index contributed by atoms with van der Waals surface area (Å²) in [6.07, 6.45) is 4.13. The Balaban J connectivity index is 1.57. The van der Waals surface area contributed by atoms with Crippen molar-refractivity contribution in [3.05, 3.63) is 47.3 Å². The summed E-state index contributed by atoms with van der Waals surface area (Å²) < 4.78 is 18.6. The first-order chi connectivity index (χ1) is 16.0. The Kier molecular flexibility index (Phi) is 5.44. The zero-order valence-electron chi connectivity index (χ0n) is 19.7. The van der Waals surface area contributed by atoms with Crippen molar-refractivity contribution in [3.8, 4) is 22.9 Å². The first-order valence-electron chi connectivity index (χ1n) is 11.3. The van der Waals surface area contributed by atoms with Crippen LogP contribution in [0.5, 0.6) is 11.5 Å². The first-order valence-corrected chi connectivity index (χ1v) is 11.3. The van der Waals surface area contributed by atoms with Crippen LogP contribution in [0.3, 0.4) is 0 Å². The van der Waals surface area contributed by atoms with E-state index in [0.29, 0.717) is 12.5 Å². The molecule has 0 saturated heterocycles. The minimum Gasteiger partial charge on any atom is -0.497 e. The first kappa shape index (κ1) is 21.3. The normalized spacial score (nSPS) is 13.6. The number of ether oxygens (including phenoxy) is 2. The van der Waals surface area contributed by atoms with Gasteiger partial charge in [0.15, 0.2) is 0 Å². The van der Waals surface area contributed by atoms with Crippen molar-refractivity contribution in [2.24, 2.45) is 0 Å².